The summed E-state index contributed by atoms with van der Waals surface area (Å²) in [5.41, 5.74) is 0.491. The van der Waals surface area contributed by atoms with Crippen molar-refractivity contribution in [3.8, 4) is 0 Å². The van der Waals surface area contributed by atoms with E-state index in [4.69, 9.17) is 4.74 Å². The van der Waals surface area contributed by atoms with E-state index < -0.39 is 0 Å². The summed E-state index contributed by atoms with van der Waals surface area (Å²) in [6.07, 6.45) is 3.64. The van der Waals surface area contributed by atoms with Crippen molar-refractivity contribution in [2.24, 2.45) is 5.41 Å². The molecule has 1 saturated carbocycles. The lowest BCUT2D eigenvalue weighted by Crippen LogP contribution is -2.41. The highest BCUT2D eigenvalue weighted by Gasteiger charge is 2.30. The Morgan fingerprint density at radius 3 is 2.71 bits per heavy atom. The zero-order valence-electron chi connectivity index (χ0n) is 9.38. The van der Waals surface area contributed by atoms with Crippen LogP contribution in [0.3, 0.4) is 0 Å². The molecule has 3 heteroatoms. The number of aliphatic hydroxyl groups excluding tert-OH is 1. The lowest BCUT2D eigenvalue weighted by atomic mass is 9.70. The lowest BCUT2D eigenvalue weighted by molar-refractivity contribution is 0.0394. The van der Waals surface area contributed by atoms with Crippen LogP contribution in [0.25, 0.3) is 0 Å². The third-order valence-electron chi connectivity index (χ3n) is 3.01. The Hall–Kier alpha value is -0.120. The summed E-state index contributed by atoms with van der Waals surface area (Å²) in [7, 11) is 0. The zero-order chi connectivity index (χ0) is 10.4. The molecule has 1 fully saturated rings. The van der Waals surface area contributed by atoms with E-state index in [1.165, 1.54) is 19.3 Å². The maximum absolute atomic E-state index is 9.48. The van der Waals surface area contributed by atoms with Gasteiger partial charge in [-0.1, -0.05) is 13.3 Å². The second-order valence-electron chi connectivity index (χ2n) is 4.61. The first-order chi connectivity index (χ1) is 6.66. The van der Waals surface area contributed by atoms with E-state index in [1.807, 2.05) is 6.92 Å². The fraction of sp³-hybridized carbons (Fsp3) is 1.00. The van der Waals surface area contributed by atoms with Gasteiger partial charge in [-0.15, -0.1) is 0 Å². The van der Waals surface area contributed by atoms with Crippen LogP contribution in [-0.4, -0.2) is 37.5 Å². The van der Waals surface area contributed by atoms with Crippen molar-refractivity contribution in [2.75, 3.05) is 26.3 Å². The van der Waals surface area contributed by atoms with Gasteiger partial charge in [-0.2, -0.15) is 0 Å². The van der Waals surface area contributed by atoms with Crippen molar-refractivity contribution in [1.82, 2.24) is 5.32 Å². The largest absolute Gasteiger partial charge is 0.389 e. The molecule has 2 N–H and O–H groups in total. The summed E-state index contributed by atoms with van der Waals surface area (Å²) in [6, 6.07) is 0. The summed E-state index contributed by atoms with van der Waals surface area (Å²) in [5.74, 6) is 0. The van der Waals surface area contributed by atoms with Gasteiger partial charge in [0.1, 0.15) is 0 Å². The smallest absolute Gasteiger partial charge is 0.0897 e. The molecule has 0 aromatic rings. The Labute approximate surface area is 86.8 Å². The standard InChI is InChI=1S/C11H23NO2/c1-3-14-8-10(13)7-12-9-11(2)5-4-6-11/h10,12-13H,3-9H2,1-2H3. The Morgan fingerprint density at radius 2 is 2.21 bits per heavy atom. The molecule has 1 atom stereocenters. The normalized spacial score (nSPS) is 21.6. The van der Waals surface area contributed by atoms with Gasteiger partial charge in [-0.3, -0.25) is 0 Å². The van der Waals surface area contributed by atoms with Crippen molar-refractivity contribution in [1.29, 1.82) is 0 Å². The number of aliphatic hydroxyl groups is 1. The Kier molecular flexibility index (Phi) is 4.85. The maximum Gasteiger partial charge on any atom is 0.0897 e. The van der Waals surface area contributed by atoms with E-state index in [1.54, 1.807) is 0 Å². The van der Waals surface area contributed by atoms with Crippen molar-refractivity contribution in [3.63, 3.8) is 0 Å². The first kappa shape index (κ1) is 12.0. The summed E-state index contributed by atoms with van der Waals surface area (Å²) >= 11 is 0. The summed E-state index contributed by atoms with van der Waals surface area (Å²) in [6.45, 7) is 7.04. The molecule has 0 saturated heterocycles. The Bertz CT molecular complexity index is 157. The maximum atomic E-state index is 9.48. The Morgan fingerprint density at radius 1 is 1.50 bits per heavy atom. The van der Waals surface area contributed by atoms with Gasteiger partial charge in [-0.05, 0) is 25.2 Å². The molecule has 0 amide bonds. The minimum atomic E-state index is -0.362. The summed E-state index contributed by atoms with van der Waals surface area (Å²) in [5, 5.41) is 12.8. The molecule has 1 aliphatic rings. The van der Waals surface area contributed by atoms with Crippen molar-refractivity contribution in [2.45, 2.75) is 39.2 Å². The van der Waals surface area contributed by atoms with Gasteiger partial charge >= 0.3 is 0 Å². The number of rotatable bonds is 7. The number of ether oxygens (including phenoxy) is 1. The number of hydrogen-bond donors (Lipinski definition) is 2. The monoisotopic (exact) mass is 201 g/mol. The van der Waals surface area contributed by atoms with Gasteiger partial charge in [0, 0.05) is 19.7 Å². The third-order valence-corrected chi connectivity index (χ3v) is 3.01. The molecule has 3 nitrogen and oxygen atoms in total. The van der Waals surface area contributed by atoms with Crippen LogP contribution in [0, 0.1) is 5.41 Å². The molecule has 0 radical (unpaired) electrons. The van der Waals surface area contributed by atoms with E-state index in [2.05, 4.69) is 12.2 Å². The predicted octanol–water partition coefficient (Wildman–Crippen LogP) is 1.16. The van der Waals surface area contributed by atoms with Crippen LogP contribution in [0.15, 0.2) is 0 Å². The molecule has 1 rings (SSSR count). The molecule has 14 heavy (non-hydrogen) atoms. The molecular weight excluding hydrogens is 178 g/mol. The molecule has 1 aliphatic carbocycles. The van der Waals surface area contributed by atoms with E-state index >= 15 is 0 Å². The Balaban J connectivity index is 1.97. The molecule has 0 aliphatic heterocycles. The van der Waals surface area contributed by atoms with Crippen LogP contribution in [-0.2, 0) is 4.74 Å². The quantitative estimate of drug-likeness (QED) is 0.649. The van der Waals surface area contributed by atoms with E-state index in [9.17, 15) is 5.11 Å². The second kappa shape index (κ2) is 5.69. The third kappa shape index (κ3) is 3.95. The second-order valence-corrected chi connectivity index (χ2v) is 4.61. The fourth-order valence-corrected chi connectivity index (χ4v) is 1.81. The van der Waals surface area contributed by atoms with Crippen molar-refractivity contribution in [3.05, 3.63) is 0 Å². The minimum absolute atomic E-state index is 0.362. The van der Waals surface area contributed by atoms with Gasteiger partial charge in [0.25, 0.3) is 0 Å². The van der Waals surface area contributed by atoms with Gasteiger partial charge in [0.15, 0.2) is 0 Å². The van der Waals surface area contributed by atoms with Crippen molar-refractivity contribution >= 4 is 0 Å². The van der Waals surface area contributed by atoms with Crippen LogP contribution >= 0.6 is 0 Å². The van der Waals surface area contributed by atoms with Crippen LogP contribution in [0.1, 0.15) is 33.1 Å². The zero-order valence-corrected chi connectivity index (χ0v) is 9.38. The molecule has 0 heterocycles. The summed E-state index contributed by atoms with van der Waals surface area (Å²) in [4.78, 5) is 0. The molecule has 0 bridgehead atoms. The van der Waals surface area contributed by atoms with Crippen LogP contribution in [0.5, 0.6) is 0 Å². The average molecular weight is 201 g/mol. The molecular formula is C11H23NO2. The molecule has 0 spiro atoms. The molecule has 84 valence electrons. The predicted molar refractivity (Wildman–Crippen MR) is 57.3 cm³/mol. The minimum Gasteiger partial charge on any atom is -0.389 e. The number of nitrogens with one attached hydrogen (secondary N) is 1. The first-order valence-corrected chi connectivity index (χ1v) is 5.63. The highest BCUT2D eigenvalue weighted by atomic mass is 16.5. The van der Waals surface area contributed by atoms with Crippen LogP contribution in [0.4, 0.5) is 0 Å². The molecule has 0 aromatic carbocycles. The van der Waals surface area contributed by atoms with E-state index in [0.29, 0.717) is 25.2 Å². The number of hydrogen-bond acceptors (Lipinski definition) is 3. The lowest BCUT2D eigenvalue weighted by Gasteiger charge is -2.38. The van der Waals surface area contributed by atoms with Gasteiger partial charge in [0.2, 0.25) is 0 Å². The van der Waals surface area contributed by atoms with Crippen LogP contribution < -0.4 is 5.32 Å². The highest BCUT2D eigenvalue weighted by molar-refractivity contribution is 4.85. The van der Waals surface area contributed by atoms with Crippen molar-refractivity contribution < 1.29 is 9.84 Å². The molecule has 0 aromatic heterocycles. The fourth-order valence-electron chi connectivity index (χ4n) is 1.81. The first-order valence-electron chi connectivity index (χ1n) is 5.63. The SMILES string of the molecule is CCOCC(O)CNCC1(C)CCC1. The van der Waals surface area contributed by atoms with E-state index in [-0.39, 0.29) is 6.10 Å². The summed E-state index contributed by atoms with van der Waals surface area (Å²) < 4.78 is 5.13. The average Bonchev–Trinajstić information content (AvgIpc) is 2.12. The highest BCUT2D eigenvalue weighted by Crippen LogP contribution is 2.39. The van der Waals surface area contributed by atoms with Crippen LogP contribution in [0.2, 0.25) is 0 Å². The van der Waals surface area contributed by atoms with Gasteiger partial charge < -0.3 is 15.2 Å². The van der Waals surface area contributed by atoms with E-state index in [0.717, 1.165) is 6.54 Å². The topological polar surface area (TPSA) is 41.5 Å². The van der Waals surface area contributed by atoms with Gasteiger partial charge in [-0.25, -0.2) is 0 Å². The molecule has 1 unspecified atom stereocenters. The van der Waals surface area contributed by atoms with Gasteiger partial charge in [0.05, 0.1) is 12.7 Å².